The number of benzene rings is 1. The van der Waals surface area contributed by atoms with Crippen molar-refractivity contribution in [1.82, 2.24) is 19.7 Å². The quantitative estimate of drug-likeness (QED) is 0.620. The van der Waals surface area contributed by atoms with Gasteiger partial charge in [-0.15, -0.1) is 0 Å². The lowest BCUT2D eigenvalue weighted by Crippen LogP contribution is -2.47. The van der Waals surface area contributed by atoms with Gasteiger partial charge in [-0.3, -0.25) is 4.79 Å². The number of likely N-dealkylation sites (tertiary alicyclic amines) is 1. The van der Waals surface area contributed by atoms with Crippen LogP contribution in [0, 0.1) is 6.92 Å². The Morgan fingerprint density at radius 2 is 1.97 bits per heavy atom. The summed E-state index contributed by atoms with van der Waals surface area (Å²) in [4.78, 5) is 19.8. The molecule has 0 unspecified atom stereocenters. The fourth-order valence-electron chi connectivity index (χ4n) is 4.24. The van der Waals surface area contributed by atoms with Crippen LogP contribution < -0.4 is 4.74 Å². The largest absolute Gasteiger partial charge is 0.497 e. The molecule has 1 aliphatic rings. The predicted molar refractivity (Wildman–Crippen MR) is 114 cm³/mol. The second kappa shape index (κ2) is 7.67. The number of halogens is 1. The van der Waals surface area contributed by atoms with Crippen LogP contribution in [0.15, 0.2) is 30.5 Å². The van der Waals surface area contributed by atoms with Crippen LogP contribution in [0.5, 0.6) is 5.75 Å². The SMILES string of the molecule is COc1cccc(-n2nc(C)c3c(Cl)c(C(=O)N4[C@@H](C)CCC[C@@H]4C)cnc32)c1. The van der Waals surface area contributed by atoms with Crippen LogP contribution in [0.2, 0.25) is 5.02 Å². The van der Waals surface area contributed by atoms with E-state index < -0.39 is 0 Å². The van der Waals surface area contributed by atoms with E-state index in [2.05, 4.69) is 23.9 Å². The second-order valence-corrected chi connectivity index (χ2v) is 8.10. The maximum Gasteiger partial charge on any atom is 0.257 e. The highest BCUT2D eigenvalue weighted by Crippen LogP contribution is 2.33. The van der Waals surface area contributed by atoms with Crippen LogP contribution in [0.1, 0.15) is 49.2 Å². The third-order valence-corrected chi connectivity index (χ3v) is 6.16. The van der Waals surface area contributed by atoms with Crippen molar-refractivity contribution in [3.05, 3.63) is 46.7 Å². The van der Waals surface area contributed by atoms with E-state index in [0.29, 0.717) is 21.6 Å². The molecule has 7 heteroatoms. The molecule has 1 amide bonds. The van der Waals surface area contributed by atoms with Crippen molar-refractivity contribution >= 4 is 28.5 Å². The fourth-order valence-corrected chi connectivity index (χ4v) is 4.59. The minimum atomic E-state index is -0.0577. The minimum absolute atomic E-state index is 0.0577. The maximum atomic E-state index is 13.3. The molecule has 2 aromatic heterocycles. The molecular formula is C22H25ClN4O2. The van der Waals surface area contributed by atoms with Gasteiger partial charge < -0.3 is 9.64 Å². The number of hydrogen-bond acceptors (Lipinski definition) is 4. The van der Waals surface area contributed by atoms with Crippen molar-refractivity contribution in [3.63, 3.8) is 0 Å². The zero-order chi connectivity index (χ0) is 20.7. The number of carbonyl (C=O) groups excluding carboxylic acids is 1. The molecule has 6 nitrogen and oxygen atoms in total. The summed E-state index contributed by atoms with van der Waals surface area (Å²) in [6, 6.07) is 7.98. The van der Waals surface area contributed by atoms with Crippen LogP contribution in [0.3, 0.4) is 0 Å². The van der Waals surface area contributed by atoms with Gasteiger partial charge in [0.15, 0.2) is 5.65 Å². The number of fused-ring (bicyclic) bond motifs is 1. The summed E-state index contributed by atoms with van der Waals surface area (Å²) in [5.74, 6) is 0.674. The molecule has 0 saturated carbocycles. The van der Waals surface area contributed by atoms with Gasteiger partial charge in [0.25, 0.3) is 5.91 Å². The molecule has 3 heterocycles. The maximum absolute atomic E-state index is 13.3. The van der Waals surface area contributed by atoms with Gasteiger partial charge in [0.05, 0.1) is 34.5 Å². The first-order chi connectivity index (χ1) is 13.9. The average Bonchev–Trinajstić information content (AvgIpc) is 3.05. The van der Waals surface area contributed by atoms with Gasteiger partial charge in [0.1, 0.15) is 5.75 Å². The Hall–Kier alpha value is -2.60. The third-order valence-electron chi connectivity index (χ3n) is 5.76. The van der Waals surface area contributed by atoms with Crippen molar-refractivity contribution in [2.45, 2.75) is 52.1 Å². The van der Waals surface area contributed by atoms with Gasteiger partial charge in [-0.2, -0.15) is 5.10 Å². The summed E-state index contributed by atoms with van der Waals surface area (Å²) in [7, 11) is 1.63. The van der Waals surface area contributed by atoms with Crippen LogP contribution in [0.25, 0.3) is 16.7 Å². The van der Waals surface area contributed by atoms with Crippen LogP contribution in [-0.4, -0.2) is 44.8 Å². The van der Waals surface area contributed by atoms with Crippen LogP contribution >= 0.6 is 11.6 Å². The van der Waals surface area contributed by atoms with Gasteiger partial charge in [-0.25, -0.2) is 9.67 Å². The normalized spacial score (nSPS) is 19.6. The molecule has 2 atom stereocenters. The lowest BCUT2D eigenvalue weighted by atomic mass is 9.96. The second-order valence-electron chi connectivity index (χ2n) is 7.72. The Labute approximate surface area is 175 Å². The summed E-state index contributed by atoms with van der Waals surface area (Å²) in [6.45, 7) is 6.08. The van der Waals surface area contributed by atoms with Crippen LogP contribution in [-0.2, 0) is 0 Å². The number of piperidine rings is 1. The number of ether oxygens (including phenoxy) is 1. The lowest BCUT2D eigenvalue weighted by Gasteiger charge is -2.39. The first-order valence-corrected chi connectivity index (χ1v) is 10.3. The number of pyridine rings is 1. The zero-order valence-electron chi connectivity index (χ0n) is 17.1. The Kier molecular flexibility index (Phi) is 5.21. The predicted octanol–water partition coefficient (Wildman–Crippen LogP) is 4.79. The van der Waals surface area contributed by atoms with Crippen LogP contribution in [0.4, 0.5) is 0 Å². The number of rotatable bonds is 3. The molecule has 0 spiro atoms. The number of hydrogen-bond donors (Lipinski definition) is 0. The van der Waals surface area contributed by atoms with E-state index in [9.17, 15) is 4.79 Å². The number of carbonyl (C=O) groups is 1. The van der Waals surface area contributed by atoms with E-state index in [4.69, 9.17) is 16.3 Å². The Bertz CT molecular complexity index is 1070. The van der Waals surface area contributed by atoms with Crippen molar-refractivity contribution in [1.29, 1.82) is 0 Å². The minimum Gasteiger partial charge on any atom is -0.497 e. The molecular weight excluding hydrogens is 388 g/mol. The average molecular weight is 413 g/mol. The van der Waals surface area contributed by atoms with E-state index in [0.717, 1.165) is 36.4 Å². The molecule has 1 saturated heterocycles. The Balaban J connectivity index is 1.81. The smallest absolute Gasteiger partial charge is 0.257 e. The summed E-state index contributed by atoms with van der Waals surface area (Å²) < 4.78 is 7.05. The van der Waals surface area contributed by atoms with E-state index in [1.807, 2.05) is 36.1 Å². The Morgan fingerprint density at radius 1 is 1.24 bits per heavy atom. The van der Waals surface area contributed by atoms with Gasteiger partial charge in [-0.05, 0) is 52.2 Å². The number of amides is 1. The summed E-state index contributed by atoms with van der Waals surface area (Å²) in [6.07, 6.45) is 4.74. The fraction of sp³-hybridized carbons (Fsp3) is 0.409. The van der Waals surface area contributed by atoms with Gasteiger partial charge in [0, 0.05) is 24.3 Å². The number of aryl methyl sites for hydroxylation is 1. The number of nitrogens with zero attached hydrogens (tertiary/aromatic N) is 4. The number of aromatic nitrogens is 3. The standard InChI is InChI=1S/C22H25ClN4O2/c1-13-7-5-8-14(2)26(13)22(28)18-12-24-21-19(20(18)23)15(3)25-27(21)16-9-6-10-17(11-16)29-4/h6,9-14H,5,7-8H2,1-4H3/t13-,14-/m0/s1. The van der Waals surface area contributed by atoms with Gasteiger partial charge in [0.2, 0.25) is 0 Å². The molecule has 4 rings (SSSR count). The van der Waals surface area contributed by atoms with Gasteiger partial charge in [-0.1, -0.05) is 17.7 Å². The monoisotopic (exact) mass is 412 g/mol. The first kappa shape index (κ1) is 19.7. The molecule has 3 aromatic rings. The molecule has 1 fully saturated rings. The highest BCUT2D eigenvalue weighted by molar-refractivity contribution is 6.38. The molecule has 0 bridgehead atoms. The van der Waals surface area contributed by atoms with Crippen molar-refractivity contribution in [2.24, 2.45) is 0 Å². The summed E-state index contributed by atoms with van der Waals surface area (Å²) in [5.41, 5.74) is 2.61. The van der Waals surface area contributed by atoms with Gasteiger partial charge >= 0.3 is 0 Å². The molecule has 0 aliphatic carbocycles. The topological polar surface area (TPSA) is 60.3 Å². The molecule has 0 N–H and O–H groups in total. The summed E-state index contributed by atoms with van der Waals surface area (Å²) >= 11 is 6.75. The van der Waals surface area contributed by atoms with E-state index in [-0.39, 0.29) is 18.0 Å². The number of methoxy groups -OCH3 is 1. The third kappa shape index (κ3) is 3.35. The molecule has 1 aliphatic heterocycles. The molecule has 152 valence electrons. The lowest BCUT2D eigenvalue weighted by molar-refractivity contribution is 0.0510. The van der Waals surface area contributed by atoms with E-state index in [1.165, 1.54) is 0 Å². The van der Waals surface area contributed by atoms with Crippen molar-refractivity contribution in [3.8, 4) is 11.4 Å². The van der Waals surface area contributed by atoms with Crippen molar-refractivity contribution < 1.29 is 9.53 Å². The first-order valence-electron chi connectivity index (χ1n) is 9.93. The zero-order valence-corrected chi connectivity index (χ0v) is 17.9. The molecule has 0 radical (unpaired) electrons. The van der Waals surface area contributed by atoms with E-state index in [1.54, 1.807) is 18.0 Å². The van der Waals surface area contributed by atoms with E-state index >= 15 is 0 Å². The van der Waals surface area contributed by atoms with Crippen molar-refractivity contribution in [2.75, 3.05) is 7.11 Å². The Morgan fingerprint density at radius 3 is 2.66 bits per heavy atom. The summed E-state index contributed by atoms with van der Waals surface area (Å²) in [5, 5.41) is 5.75. The molecule has 29 heavy (non-hydrogen) atoms. The highest BCUT2D eigenvalue weighted by Gasteiger charge is 2.32. The highest BCUT2D eigenvalue weighted by atomic mass is 35.5. The molecule has 1 aromatic carbocycles.